The summed E-state index contributed by atoms with van der Waals surface area (Å²) in [5, 5.41) is 10.2. The first-order chi connectivity index (χ1) is 16.8. The predicted octanol–water partition coefficient (Wildman–Crippen LogP) is 4.96. The summed E-state index contributed by atoms with van der Waals surface area (Å²) >= 11 is 0. The van der Waals surface area contributed by atoms with Gasteiger partial charge in [0.15, 0.2) is 0 Å². The Morgan fingerprint density at radius 2 is 1.72 bits per heavy atom. The lowest BCUT2D eigenvalue weighted by Gasteiger charge is -2.32. The number of esters is 1. The molecule has 8 heteroatoms. The second-order valence-electron chi connectivity index (χ2n) is 11.3. The van der Waals surface area contributed by atoms with Crippen LogP contribution in [0.3, 0.4) is 0 Å². The zero-order valence-electron chi connectivity index (χ0n) is 22.9. The van der Waals surface area contributed by atoms with Crippen LogP contribution in [0.1, 0.15) is 72.8 Å². The third kappa shape index (κ3) is 8.50. The lowest BCUT2D eigenvalue weighted by Crippen LogP contribution is -2.47. The monoisotopic (exact) mass is 504 g/mol. The molecule has 1 heterocycles. The van der Waals surface area contributed by atoms with E-state index in [1.165, 1.54) is 7.11 Å². The molecule has 8 nitrogen and oxygen atoms in total. The number of methoxy groups -OCH3 is 1. The summed E-state index contributed by atoms with van der Waals surface area (Å²) in [5.41, 5.74) is 0.402. The molecular formula is C28H44N2O6. The number of benzene rings is 1. The van der Waals surface area contributed by atoms with E-state index in [1.54, 1.807) is 4.90 Å². The van der Waals surface area contributed by atoms with E-state index < -0.39 is 23.7 Å². The molecule has 1 aliphatic heterocycles. The molecule has 202 valence electrons. The number of carboxylic acids is 1. The molecule has 0 radical (unpaired) electrons. The maximum atomic E-state index is 13.3. The number of nitrogens with zero attached hydrogens (tertiary/aromatic N) is 2. The highest BCUT2D eigenvalue weighted by Crippen LogP contribution is 2.33. The molecule has 0 aromatic heterocycles. The standard InChI is InChI=1S/C28H44N2O6/c1-19(2)16-24(25(31)32)29-18-30(27(34)36-28(4,5)6)23(17-21-13-9-8-10-14-21)22(29)15-11-12-20(3)26(33)35-7/h8-10,13-14,19-20,22-24H,11-12,15-18H2,1-7H3,(H,31,32)/t20-,22-,23+,24-/m1/s1. The van der Waals surface area contributed by atoms with Crippen LogP contribution in [0.15, 0.2) is 30.3 Å². The van der Waals surface area contributed by atoms with Crippen LogP contribution in [-0.4, -0.2) is 70.4 Å². The second-order valence-corrected chi connectivity index (χ2v) is 11.3. The van der Waals surface area contributed by atoms with Gasteiger partial charge in [-0.15, -0.1) is 0 Å². The summed E-state index contributed by atoms with van der Waals surface area (Å²) in [4.78, 5) is 41.3. The molecule has 1 N–H and O–H groups in total. The lowest BCUT2D eigenvalue weighted by molar-refractivity contribution is -0.145. The number of hydrogen-bond donors (Lipinski definition) is 1. The van der Waals surface area contributed by atoms with Crippen molar-refractivity contribution in [2.45, 2.75) is 97.4 Å². The van der Waals surface area contributed by atoms with Gasteiger partial charge in [-0.25, -0.2) is 4.79 Å². The highest BCUT2D eigenvalue weighted by Gasteiger charge is 2.47. The Hall–Kier alpha value is -2.61. The van der Waals surface area contributed by atoms with Crippen molar-refractivity contribution in [1.29, 1.82) is 0 Å². The molecule has 1 aromatic rings. The highest BCUT2D eigenvalue weighted by molar-refractivity contribution is 5.74. The molecule has 1 amide bonds. The van der Waals surface area contributed by atoms with Crippen LogP contribution < -0.4 is 0 Å². The summed E-state index contributed by atoms with van der Waals surface area (Å²) in [7, 11) is 1.38. The van der Waals surface area contributed by atoms with Gasteiger partial charge in [0.25, 0.3) is 0 Å². The van der Waals surface area contributed by atoms with Gasteiger partial charge < -0.3 is 14.6 Å². The minimum Gasteiger partial charge on any atom is -0.480 e. The summed E-state index contributed by atoms with van der Waals surface area (Å²) in [5.74, 6) is -1.21. The molecule has 0 spiro atoms. The van der Waals surface area contributed by atoms with E-state index >= 15 is 0 Å². The smallest absolute Gasteiger partial charge is 0.411 e. The largest absolute Gasteiger partial charge is 0.480 e. The van der Waals surface area contributed by atoms with E-state index in [1.807, 2.05) is 76.8 Å². The summed E-state index contributed by atoms with van der Waals surface area (Å²) in [6, 6.07) is 8.75. The molecule has 2 rings (SSSR count). The molecule has 1 aliphatic rings. The predicted molar refractivity (Wildman–Crippen MR) is 138 cm³/mol. The van der Waals surface area contributed by atoms with Crippen molar-refractivity contribution in [3.63, 3.8) is 0 Å². The Morgan fingerprint density at radius 1 is 1.08 bits per heavy atom. The Kier molecular flexibility index (Phi) is 10.8. The van der Waals surface area contributed by atoms with Gasteiger partial charge in [0.05, 0.1) is 25.7 Å². The first kappa shape index (κ1) is 29.6. The van der Waals surface area contributed by atoms with Gasteiger partial charge in [-0.05, 0) is 57.9 Å². The Balaban J connectivity index is 2.42. The fourth-order valence-corrected chi connectivity index (χ4v) is 4.89. The molecule has 0 saturated carbocycles. The van der Waals surface area contributed by atoms with Crippen molar-refractivity contribution in [2.24, 2.45) is 11.8 Å². The van der Waals surface area contributed by atoms with Crippen molar-refractivity contribution in [3.8, 4) is 0 Å². The van der Waals surface area contributed by atoms with Gasteiger partial charge >= 0.3 is 18.0 Å². The molecule has 1 fully saturated rings. The van der Waals surface area contributed by atoms with Crippen LogP contribution in [0.2, 0.25) is 0 Å². The quantitative estimate of drug-likeness (QED) is 0.426. The molecule has 1 saturated heterocycles. The molecule has 0 aliphatic carbocycles. The van der Waals surface area contributed by atoms with Crippen LogP contribution in [0.25, 0.3) is 0 Å². The van der Waals surface area contributed by atoms with Crippen LogP contribution in [-0.2, 0) is 25.5 Å². The second kappa shape index (κ2) is 13.1. The molecule has 4 atom stereocenters. The fourth-order valence-electron chi connectivity index (χ4n) is 4.89. The highest BCUT2D eigenvalue weighted by atomic mass is 16.6. The number of carboxylic acid groups (broad SMARTS) is 1. The first-order valence-corrected chi connectivity index (χ1v) is 12.9. The SMILES string of the molecule is COC(=O)[C@H](C)CCC[C@@H]1[C@H](Cc2ccccc2)N(C(=O)OC(C)(C)C)CN1[C@H](CC(C)C)C(=O)O. The maximum Gasteiger partial charge on any atom is 0.411 e. The average Bonchev–Trinajstić information content (AvgIpc) is 3.14. The summed E-state index contributed by atoms with van der Waals surface area (Å²) < 4.78 is 10.6. The number of aliphatic carboxylic acids is 1. The van der Waals surface area contributed by atoms with Crippen molar-refractivity contribution in [1.82, 2.24) is 9.80 Å². The molecule has 36 heavy (non-hydrogen) atoms. The van der Waals surface area contributed by atoms with Gasteiger partial charge in [0.1, 0.15) is 11.6 Å². The van der Waals surface area contributed by atoms with E-state index in [4.69, 9.17) is 9.47 Å². The summed E-state index contributed by atoms with van der Waals surface area (Å²) in [6.07, 6.45) is 2.61. The van der Waals surface area contributed by atoms with E-state index in [0.29, 0.717) is 32.1 Å². The van der Waals surface area contributed by atoms with E-state index in [0.717, 1.165) is 5.56 Å². The number of carbonyl (C=O) groups excluding carboxylic acids is 2. The average molecular weight is 505 g/mol. The maximum absolute atomic E-state index is 13.3. The third-order valence-electron chi connectivity index (χ3n) is 6.62. The Morgan fingerprint density at radius 3 is 2.25 bits per heavy atom. The fraction of sp³-hybridized carbons (Fsp3) is 0.679. The zero-order chi connectivity index (χ0) is 27.0. The minimum absolute atomic E-state index is 0.175. The van der Waals surface area contributed by atoms with Gasteiger partial charge in [-0.1, -0.05) is 57.5 Å². The van der Waals surface area contributed by atoms with Gasteiger partial charge in [-0.2, -0.15) is 0 Å². The first-order valence-electron chi connectivity index (χ1n) is 12.9. The third-order valence-corrected chi connectivity index (χ3v) is 6.62. The number of hydrogen-bond acceptors (Lipinski definition) is 6. The number of rotatable bonds is 11. The van der Waals surface area contributed by atoms with Crippen molar-refractivity contribution in [2.75, 3.05) is 13.8 Å². The van der Waals surface area contributed by atoms with Crippen molar-refractivity contribution < 1.29 is 29.0 Å². The Bertz CT molecular complexity index is 867. The van der Waals surface area contributed by atoms with Crippen molar-refractivity contribution in [3.05, 3.63) is 35.9 Å². The van der Waals surface area contributed by atoms with Crippen LogP contribution >= 0.6 is 0 Å². The number of carbonyl (C=O) groups is 3. The van der Waals surface area contributed by atoms with E-state index in [-0.39, 0.29) is 36.6 Å². The van der Waals surface area contributed by atoms with Gasteiger partial charge in [0, 0.05) is 6.04 Å². The van der Waals surface area contributed by atoms with Crippen LogP contribution in [0.5, 0.6) is 0 Å². The Labute approximate surface area is 215 Å². The molecule has 1 aromatic carbocycles. The van der Waals surface area contributed by atoms with E-state index in [2.05, 4.69) is 0 Å². The molecular weight excluding hydrogens is 460 g/mol. The molecule has 0 bridgehead atoms. The van der Waals surface area contributed by atoms with Crippen LogP contribution in [0, 0.1) is 11.8 Å². The van der Waals surface area contributed by atoms with Crippen molar-refractivity contribution >= 4 is 18.0 Å². The van der Waals surface area contributed by atoms with Gasteiger partial charge in [-0.3, -0.25) is 19.4 Å². The lowest BCUT2D eigenvalue weighted by atomic mass is 9.92. The summed E-state index contributed by atoms with van der Waals surface area (Å²) in [6.45, 7) is 11.5. The number of amides is 1. The minimum atomic E-state index is -0.888. The topological polar surface area (TPSA) is 96.4 Å². The zero-order valence-corrected chi connectivity index (χ0v) is 22.9. The normalized spacial score (nSPS) is 20.3. The van der Waals surface area contributed by atoms with Crippen LogP contribution in [0.4, 0.5) is 4.79 Å². The van der Waals surface area contributed by atoms with Gasteiger partial charge in [0.2, 0.25) is 0 Å². The van der Waals surface area contributed by atoms with E-state index in [9.17, 15) is 19.5 Å². The molecule has 0 unspecified atom stereocenters. The number of ether oxygens (including phenoxy) is 2.